The predicted molar refractivity (Wildman–Crippen MR) is 91.6 cm³/mol. The first-order valence-corrected chi connectivity index (χ1v) is 9.29. The number of thioether (sulfide) groups is 1. The van der Waals surface area contributed by atoms with Crippen LogP contribution in [0, 0.1) is 0 Å². The molecule has 2 saturated heterocycles. The lowest BCUT2D eigenvalue weighted by molar-refractivity contribution is -0.161. The number of aliphatic carboxylic acids is 1. The summed E-state index contributed by atoms with van der Waals surface area (Å²) in [6.45, 7) is 3.98. The molecule has 4 N–H and O–H groups in total. The molecule has 2 aliphatic rings. The Labute approximate surface area is 147 Å². The molecular formula is C15H19N3O4S2. The van der Waals surface area contributed by atoms with Gasteiger partial charge < -0.3 is 21.1 Å². The van der Waals surface area contributed by atoms with Gasteiger partial charge in [-0.05, 0) is 30.9 Å². The van der Waals surface area contributed by atoms with Crippen LogP contribution in [0.5, 0.6) is 0 Å². The fourth-order valence-corrected chi connectivity index (χ4v) is 5.76. The third-order valence-corrected chi connectivity index (χ3v) is 6.90. The molecule has 0 spiro atoms. The highest BCUT2D eigenvalue weighted by Crippen LogP contribution is 2.50. The molecule has 0 aromatic carbocycles. The summed E-state index contributed by atoms with van der Waals surface area (Å²) < 4.78 is -0.591. The van der Waals surface area contributed by atoms with Crippen molar-refractivity contribution in [3.63, 3.8) is 0 Å². The molecule has 2 fully saturated rings. The van der Waals surface area contributed by atoms with Crippen molar-refractivity contribution >= 4 is 40.9 Å². The van der Waals surface area contributed by atoms with E-state index in [4.69, 9.17) is 5.73 Å². The number of carbonyl (C=O) groups excluding carboxylic acids is 2. The van der Waals surface area contributed by atoms with E-state index in [1.807, 2.05) is 11.4 Å². The van der Waals surface area contributed by atoms with Crippen molar-refractivity contribution in [2.45, 2.75) is 49.0 Å². The van der Waals surface area contributed by atoms with Crippen molar-refractivity contribution < 1.29 is 19.5 Å². The van der Waals surface area contributed by atoms with Gasteiger partial charge in [-0.25, -0.2) is 4.79 Å². The molecule has 3 rings (SSSR count). The lowest BCUT2D eigenvalue weighted by atomic mass is 9.96. The number of carboxylic acids is 1. The summed E-state index contributed by atoms with van der Waals surface area (Å²) in [5.74, 6) is -1.59. The predicted octanol–water partition coefficient (Wildman–Crippen LogP) is 0.381. The molecule has 130 valence electrons. The number of β-lactam (4-membered cyclic amide) rings is 1. The molecule has 1 unspecified atom stereocenters. The second kappa shape index (κ2) is 6.05. The van der Waals surface area contributed by atoms with Crippen LogP contribution in [-0.2, 0) is 27.3 Å². The maximum absolute atomic E-state index is 12.3. The summed E-state index contributed by atoms with van der Waals surface area (Å²) in [4.78, 5) is 38.3. The van der Waals surface area contributed by atoms with Gasteiger partial charge in [-0.15, -0.1) is 23.1 Å². The molecule has 3 atom stereocenters. The molecule has 3 heterocycles. The van der Waals surface area contributed by atoms with Crippen molar-refractivity contribution in [1.82, 2.24) is 10.2 Å². The smallest absolute Gasteiger partial charge is 0.327 e. The molecular weight excluding hydrogens is 350 g/mol. The maximum Gasteiger partial charge on any atom is 0.327 e. The average Bonchev–Trinajstić information content (AvgIpc) is 3.04. The normalized spacial score (nSPS) is 27.5. The highest BCUT2D eigenvalue weighted by molar-refractivity contribution is 8.01. The molecule has 0 aliphatic carbocycles. The Morgan fingerprint density at radius 2 is 2.17 bits per heavy atom. The van der Waals surface area contributed by atoms with Gasteiger partial charge in [0.1, 0.15) is 17.5 Å². The van der Waals surface area contributed by atoms with E-state index in [0.29, 0.717) is 6.54 Å². The molecule has 0 saturated carbocycles. The van der Waals surface area contributed by atoms with Crippen LogP contribution in [0.2, 0.25) is 0 Å². The lowest BCUT2D eigenvalue weighted by Gasteiger charge is -2.43. The van der Waals surface area contributed by atoms with Crippen LogP contribution in [0.25, 0.3) is 0 Å². The van der Waals surface area contributed by atoms with E-state index >= 15 is 0 Å². The van der Waals surface area contributed by atoms with Crippen LogP contribution < -0.4 is 11.1 Å². The molecule has 9 heteroatoms. The minimum absolute atomic E-state index is 0.178. The first-order chi connectivity index (χ1) is 11.3. The number of nitrogens with one attached hydrogen (secondary N) is 1. The van der Waals surface area contributed by atoms with E-state index in [2.05, 4.69) is 5.32 Å². The minimum Gasteiger partial charge on any atom is -0.480 e. The summed E-state index contributed by atoms with van der Waals surface area (Å²) in [6, 6.07) is 0.359. The number of thiophene rings is 1. The van der Waals surface area contributed by atoms with Crippen molar-refractivity contribution in [3.8, 4) is 0 Å². The number of carboxylic acid groups (broad SMARTS) is 1. The second-order valence-electron chi connectivity index (χ2n) is 6.39. The van der Waals surface area contributed by atoms with Gasteiger partial charge in [-0.2, -0.15) is 0 Å². The fourth-order valence-electron chi connectivity index (χ4n) is 3.22. The van der Waals surface area contributed by atoms with Crippen molar-refractivity contribution in [1.29, 1.82) is 0 Å². The topological polar surface area (TPSA) is 113 Å². The van der Waals surface area contributed by atoms with Gasteiger partial charge in [0.25, 0.3) is 0 Å². The highest BCUT2D eigenvalue weighted by Gasteiger charge is 2.64. The van der Waals surface area contributed by atoms with Gasteiger partial charge in [-0.3, -0.25) is 9.59 Å². The number of fused-ring (bicyclic) bond motifs is 1. The zero-order valence-corrected chi connectivity index (χ0v) is 14.9. The Morgan fingerprint density at radius 3 is 2.79 bits per heavy atom. The van der Waals surface area contributed by atoms with Gasteiger partial charge in [0.15, 0.2) is 0 Å². The molecule has 0 bridgehead atoms. The molecule has 1 aromatic rings. The molecule has 24 heavy (non-hydrogen) atoms. The number of rotatable bonds is 5. The number of carbonyl (C=O) groups is 3. The highest BCUT2D eigenvalue weighted by atomic mass is 32.2. The SMILES string of the molecule is CC1(C)S[C@@H]2C(NC(=O)Cc3sccc3CN)C(=O)N2[C@H]1C(=O)O. The Hall–Kier alpha value is -1.58. The summed E-state index contributed by atoms with van der Waals surface area (Å²) >= 11 is 2.88. The summed E-state index contributed by atoms with van der Waals surface area (Å²) in [7, 11) is 0. The van der Waals surface area contributed by atoms with E-state index in [-0.39, 0.29) is 23.6 Å². The zero-order chi connectivity index (χ0) is 17.6. The quantitative estimate of drug-likeness (QED) is 0.647. The van der Waals surface area contributed by atoms with Crippen LogP contribution in [-0.4, -0.2) is 50.0 Å². The van der Waals surface area contributed by atoms with Crippen LogP contribution in [0.15, 0.2) is 11.4 Å². The molecule has 7 nitrogen and oxygen atoms in total. The molecule has 2 aliphatic heterocycles. The summed E-state index contributed by atoms with van der Waals surface area (Å²) in [6.07, 6.45) is 0.178. The number of hydrogen-bond donors (Lipinski definition) is 3. The Bertz CT molecular complexity index is 703. The standard InChI is InChI=1S/C15H19N3O4S2/c1-15(2)11(14(21)22)18-12(20)10(13(18)24-15)17-9(19)5-8-7(6-16)3-4-23-8/h3-4,10-11,13H,5-6,16H2,1-2H3,(H,17,19)(H,21,22)/t10?,11-,13+/m0/s1. The lowest BCUT2D eigenvalue weighted by Crippen LogP contribution is -2.70. The van der Waals surface area contributed by atoms with Crippen LogP contribution in [0.3, 0.4) is 0 Å². The van der Waals surface area contributed by atoms with Gasteiger partial charge in [0.2, 0.25) is 11.8 Å². The van der Waals surface area contributed by atoms with E-state index in [1.54, 1.807) is 13.8 Å². The third kappa shape index (κ3) is 2.70. The van der Waals surface area contributed by atoms with E-state index < -0.39 is 22.8 Å². The largest absolute Gasteiger partial charge is 0.480 e. The van der Waals surface area contributed by atoms with E-state index in [0.717, 1.165) is 10.4 Å². The Morgan fingerprint density at radius 1 is 1.46 bits per heavy atom. The first-order valence-electron chi connectivity index (χ1n) is 7.53. The first kappa shape index (κ1) is 17.2. The van der Waals surface area contributed by atoms with Gasteiger partial charge in [0, 0.05) is 16.2 Å². The van der Waals surface area contributed by atoms with Gasteiger partial charge in [-0.1, -0.05) is 0 Å². The van der Waals surface area contributed by atoms with Gasteiger partial charge >= 0.3 is 5.97 Å². The van der Waals surface area contributed by atoms with Crippen LogP contribution in [0.4, 0.5) is 0 Å². The third-order valence-electron chi connectivity index (χ3n) is 4.37. The number of hydrogen-bond acceptors (Lipinski definition) is 6. The molecule has 1 aromatic heterocycles. The molecule has 0 radical (unpaired) electrons. The van der Waals surface area contributed by atoms with Crippen molar-refractivity contribution in [3.05, 3.63) is 21.9 Å². The second-order valence-corrected chi connectivity index (χ2v) is 9.16. The maximum atomic E-state index is 12.3. The summed E-state index contributed by atoms with van der Waals surface area (Å²) in [5, 5.41) is 13.7. The van der Waals surface area contributed by atoms with Crippen LogP contribution >= 0.6 is 23.1 Å². The van der Waals surface area contributed by atoms with Crippen molar-refractivity contribution in [2.75, 3.05) is 0 Å². The van der Waals surface area contributed by atoms with Gasteiger partial charge in [0.05, 0.1) is 6.42 Å². The fraction of sp³-hybridized carbons (Fsp3) is 0.533. The Balaban J connectivity index is 1.67. The Kier molecular flexibility index (Phi) is 4.35. The zero-order valence-electron chi connectivity index (χ0n) is 13.3. The number of nitrogens with zero attached hydrogens (tertiary/aromatic N) is 1. The van der Waals surface area contributed by atoms with Crippen molar-refractivity contribution in [2.24, 2.45) is 5.73 Å². The molecule has 2 amide bonds. The minimum atomic E-state index is -1.01. The average molecular weight is 369 g/mol. The number of nitrogens with two attached hydrogens (primary N) is 1. The monoisotopic (exact) mass is 369 g/mol. The van der Waals surface area contributed by atoms with Crippen LogP contribution in [0.1, 0.15) is 24.3 Å². The summed E-state index contributed by atoms with van der Waals surface area (Å²) in [5.41, 5.74) is 6.56. The van der Waals surface area contributed by atoms with E-state index in [9.17, 15) is 19.5 Å². The van der Waals surface area contributed by atoms with E-state index in [1.165, 1.54) is 28.0 Å². The number of amides is 2.